The second-order valence-corrected chi connectivity index (χ2v) is 12.3. The predicted molar refractivity (Wildman–Crippen MR) is 147 cm³/mol. The zero-order valence-electron chi connectivity index (χ0n) is 19.1. The van der Waals surface area contributed by atoms with Crippen molar-refractivity contribution in [3.8, 4) is 11.5 Å². The largest absolute Gasteiger partial charge is 0.504 e. The van der Waals surface area contributed by atoms with Crippen LogP contribution in [0, 0.1) is 11.6 Å². The van der Waals surface area contributed by atoms with E-state index >= 15 is 8.78 Å². The van der Waals surface area contributed by atoms with Crippen molar-refractivity contribution in [2.75, 3.05) is 0 Å². The summed E-state index contributed by atoms with van der Waals surface area (Å²) in [6.45, 7) is 0. The van der Waals surface area contributed by atoms with Gasteiger partial charge in [0.05, 0.1) is 10.6 Å². The van der Waals surface area contributed by atoms with E-state index in [1.165, 1.54) is 0 Å². The molecule has 0 aliphatic carbocycles. The van der Waals surface area contributed by atoms with Crippen molar-refractivity contribution in [3.05, 3.63) is 133 Å². The van der Waals surface area contributed by atoms with Gasteiger partial charge in [-0.1, -0.05) is 121 Å². The van der Waals surface area contributed by atoms with Gasteiger partial charge >= 0.3 is 0 Å². The van der Waals surface area contributed by atoms with E-state index in [9.17, 15) is 10.2 Å². The highest BCUT2D eigenvalue weighted by Gasteiger charge is 2.34. The van der Waals surface area contributed by atoms with E-state index in [2.05, 4.69) is 0 Å². The summed E-state index contributed by atoms with van der Waals surface area (Å²) < 4.78 is 32.3. The number of hydrogen-bond acceptors (Lipinski definition) is 2. The maximum atomic E-state index is 16.2. The second kappa shape index (κ2) is 10.6. The lowest BCUT2D eigenvalue weighted by molar-refractivity contribution is 0.410. The fourth-order valence-electron chi connectivity index (χ4n) is 4.17. The molecular formula is C30H22F2O2P2. The minimum atomic E-state index is -1.68. The molecule has 0 radical (unpaired) electrons. The highest BCUT2D eigenvalue weighted by molar-refractivity contribution is 7.80. The lowest BCUT2D eigenvalue weighted by atomic mass is 10.3. The molecular weight excluding hydrogens is 492 g/mol. The average Bonchev–Trinajstić information content (AvgIpc) is 2.94. The van der Waals surface area contributed by atoms with E-state index in [0.717, 1.165) is 21.2 Å². The summed E-state index contributed by atoms with van der Waals surface area (Å²) in [5.74, 6) is -3.53. The van der Waals surface area contributed by atoms with E-state index in [1.807, 2.05) is 121 Å². The molecule has 0 amide bonds. The first-order chi connectivity index (χ1) is 17.6. The third-order valence-electron chi connectivity index (χ3n) is 5.79. The third kappa shape index (κ3) is 4.51. The van der Waals surface area contributed by atoms with Gasteiger partial charge in [0.15, 0.2) is 23.1 Å². The maximum Gasteiger partial charge on any atom is 0.177 e. The molecule has 0 spiro atoms. The highest BCUT2D eigenvalue weighted by atomic mass is 31.1. The van der Waals surface area contributed by atoms with Crippen LogP contribution >= 0.6 is 15.8 Å². The Morgan fingerprint density at radius 2 is 0.611 bits per heavy atom. The average molecular weight is 514 g/mol. The first-order valence-electron chi connectivity index (χ1n) is 11.3. The quantitative estimate of drug-likeness (QED) is 0.250. The molecule has 5 aromatic rings. The van der Waals surface area contributed by atoms with Gasteiger partial charge in [-0.15, -0.1) is 0 Å². The molecule has 0 aromatic heterocycles. The Balaban J connectivity index is 1.77. The lowest BCUT2D eigenvalue weighted by Crippen LogP contribution is -2.29. The van der Waals surface area contributed by atoms with Gasteiger partial charge in [-0.25, -0.2) is 8.78 Å². The summed E-state index contributed by atoms with van der Waals surface area (Å²) in [6, 6.07) is 36.5. The van der Waals surface area contributed by atoms with Crippen molar-refractivity contribution in [3.63, 3.8) is 0 Å². The molecule has 0 atom stereocenters. The van der Waals surface area contributed by atoms with Gasteiger partial charge in [-0.2, -0.15) is 0 Å². The molecule has 0 aliphatic heterocycles. The van der Waals surface area contributed by atoms with Crippen molar-refractivity contribution in [1.29, 1.82) is 0 Å². The molecule has 0 unspecified atom stereocenters. The van der Waals surface area contributed by atoms with Crippen LogP contribution in [-0.4, -0.2) is 10.2 Å². The smallest absolute Gasteiger partial charge is 0.177 e. The Kier molecular flexibility index (Phi) is 7.09. The van der Waals surface area contributed by atoms with Crippen molar-refractivity contribution >= 4 is 47.7 Å². The molecule has 0 saturated heterocycles. The fraction of sp³-hybridized carbons (Fsp3) is 0. The first kappa shape index (κ1) is 24.1. The second-order valence-electron chi connectivity index (χ2n) is 8.04. The lowest BCUT2D eigenvalue weighted by Gasteiger charge is -2.26. The van der Waals surface area contributed by atoms with Crippen LogP contribution in [0.4, 0.5) is 8.78 Å². The van der Waals surface area contributed by atoms with Gasteiger partial charge < -0.3 is 10.2 Å². The van der Waals surface area contributed by atoms with Gasteiger partial charge in [0, 0.05) is 0 Å². The molecule has 0 saturated carbocycles. The zero-order valence-corrected chi connectivity index (χ0v) is 20.9. The summed E-state index contributed by atoms with van der Waals surface area (Å²) in [5, 5.41) is 24.9. The molecule has 0 aliphatic rings. The SMILES string of the molecule is Oc1c(F)c(P(c2ccccc2)c2ccccc2)c(O)c(F)c1P(c1ccccc1)c1ccccc1. The van der Waals surface area contributed by atoms with Gasteiger partial charge in [0.2, 0.25) is 0 Å². The van der Waals surface area contributed by atoms with E-state index in [1.54, 1.807) is 0 Å². The van der Waals surface area contributed by atoms with Gasteiger partial charge in [0.1, 0.15) is 0 Å². The molecule has 178 valence electrons. The van der Waals surface area contributed by atoms with Crippen molar-refractivity contribution in [1.82, 2.24) is 0 Å². The molecule has 0 bridgehead atoms. The molecule has 2 nitrogen and oxygen atoms in total. The van der Waals surface area contributed by atoms with Crippen molar-refractivity contribution in [2.45, 2.75) is 0 Å². The maximum absolute atomic E-state index is 16.2. The monoisotopic (exact) mass is 514 g/mol. The van der Waals surface area contributed by atoms with Crippen LogP contribution in [-0.2, 0) is 0 Å². The molecule has 0 fully saturated rings. The Morgan fingerprint density at radius 1 is 0.389 bits per heavy atom. The molecule has 5 aromatic carbocycles. The molecule has 0 heterocycles. The summed E-state index contributed by atoms with van der Waals surface area (Å²) in [4.78, 5) is 0. The number of hydrogen-bond donors (Lipinski definition) is 2. The Morgan fingerprint density at radius 3 is 0.833 bits per heavy atom. The van der Waals surface area contributed by atoms with Crippen LogP contribution in [0.15, 0.2) is 121 Å². The topological polar surface area (TPSA) is 40.5 Å². The standard InChI is InChI=1S/C30H22F2O2P2/c31-25-28(34)30(36(23-17-9-3-10-18-23)24-19-11-4-12-20-24)26(32)27(33)29(25)35(21-13-5-1-6-14-21)22-15-7-2-8-16-22/h1-20,33-34H. The van der Waals surface area contributed by atoms with Crippen molar-refractivity contribution in [2.24, 2.45) is 0 Å². The normalized spacial score (nSPS) is 11.2. The Labute approximate surface area is 211 Å². The van der Waals surface area contributed by atoms with Crippen LogP contribution in [0.1, 0.15) is 0 Å². The number of aromatic hydroxyl groups is 2. The van der Waals surface area contributed by atoms with Crippen LogP contribution in [0.3, 0.4) is 0 Å². The van der Waals surface area contributed by atoms with Crippen LogP contribution in [0.5, 0.6) is 11.5 Å². The summed E-state index contributed by atoms with van der Waals surface area (Å²) in [7, 11) is -3.36. The minimum absolute atomic E-state index is 0.225. The van der Waals surface area contributed by atoms with E-state index < -0.39 is 39.0 Å². The Hall–Kier alpha value is -3.58. The minimum Gasteiger partial charge on any atom is -0.504 e. The molecule has 36 heavy (non-hydrogen) atoms. The van der Waals surface area contributed by atoms with Gasteiger partial charge in [0.25, 0.3) is 0 Å². The van der Waals surface area contributed by atoms with E-state index in [-0.39, 0.29) is 10.6 Å². The van der Waals surface area contributed by atoms with E-state index in [0.29, 0.717) is 0 Å². The first-order valence-corrected chi connectivity index (χ1v) is 14.0. The van der Waals surface area contributed by atoms with Crippen molar-refractivity contribution < 1.29 is 19.0 Å². The number of benzene rings is 5. The number of phenols is 2. The highest BCUT2D eigenvalue weighted by Crippen LogP contribution is 2.45. The predicted octanol–water partition coefficient (Wildman–Crippen LogP) is 4.89. The molecule has 6 heteroatoms. The number of halogens is 2. The van der Waals surface area contributed by atoms with E-state index in [4.69, 9.17) is 0 Å². The fourth-order valence-corrected chi connectivity index (χ4v) is 8.91. The van der Waals surface area contributed by atoms with Gasteiger partial charge in [-0.05, 0) is 37.1 Å². The summed E-state index contributed by atoms with van der Waals surface area (Å²) in [5.41, 5.74) is 0. The Bertz CT molecular complexity index is 1240. The molecule has 2 N–H and O–H groups in total. The summed E-state index contributed by atoms with van der Waals surface area (Å²) >= 11 is 0. The third-order valence-corrected chi connectivity index (χ3v) is 10.8. The zero-order chi connectivity index (χ0) is 25.1. The number of rotatable bonds is 6. The summed E-state index contributed by atoms with van der Waals surface area (Å²) in [6.07, 6.45) is 0. The van der Waals surface area contributed by atoms with Crippen LogP contribution in [0.25, 0.3) is 0 Å². The number of phenolic OH excluding ortho intramolecular Hbond substituents is 2. The van der Waals surface area contributed by atoms with Crippen LogP contribution in [0.2, 0.25) is 0 Å². The van der Waals surface area contributed by atoms with Crippen LogP contribution < -0.4 is 31.8 Å². The molecule has 5 rings (SSSR count). The van der Waals surface area contributed by atoms with Gasteiger partial charge in [-0.3, -0.25) is 0 Å².